The Morgan fingerprint density at radius 1 is 1.17 bits per heavy atom. The predicted molar refractivity (Wildman–Crippen MR) is 112 cm³/mol. The van der Waals surface area contributed by atoms with E-state index in [0.717, 1.165) is 11.1 Å². The van der Waals surface area contributed by atoms with Gasteiger partial charge in [-0.3, -0.25) is 4.79 Å². The first-order valence-electron chi connectivity index (χ1n) is 9.83. The Balaban J connectivity index is 1.69. The van der Waals surface area contributed by atoms with E-state index in [4.69, 9.17) is 4.74 Å². The standard InChI is InChI=1S/C22H28N2O4S/c1-16-7-4-5-9-21(16)17(2)23-22(25)18-8-6-14-24(15-18)29(26,27)20-12-10-19(28-3)11-13-20/h4-5,7,9-13,17-18H,6,8,14-15H2,1-3H3,(H,23,25). The Bertz CT molecular complexity index is 957. The number of benzene rings is 2. The highest BCUT2D eigenvalue weighted by molar-refractivity contribution is 7.89. The summed E-state index contributed by atoms with van der Waals surface area (Å²) in [6, 6.07) is 14.2. The van der Waals surface area contributed by atoms with E-state index >= 15 is 0 Å². The molecule has 0 saturated carbocycles. The fraction of sp³-hybridized carbons (Fsp3) is 0.409. The molecule has 7 heteroatoms. The van der Waals surface area contributed by atoms with Crippen molar-refractivity contribution in [3.8, 4) is 5.75 Å². The van der Waals surface area contributed by atoms with Gasteiger partial charge in [0.1, 0.15) is 5.75 Å². The van der Waals surface area contributed by atoms with Crippen LogP contribution in [0.1, 0.15) is 36.9 Å². The minimum Gasteiger partial charge on any atom is -0.497 e. The molecular formula is C22H28N2O4S. The summed E-state index contributed by atoms with van der Waals surface area (Å²) >= 11 is 0. The molecule has 1 N–H and O–H groups in total. The zero-order valence-corrected chi connectivity index (χ0v) is 17.9. The highest BCUT2D eigenvalue weighted by atomic mass is 32.2. The number of methoxy groups -OCH3 is 1. The minimum absolute atomic E-state index is 0.101. The van der Waals surface area contributed by atoms with Crippen molar-refractivity contribution in [1.29, 1.82) is 0 Å². The summed E-state index contributed by atoms with van der Waals surface area (Å²) in [7, 11) is -2.11. The second-order valence-corrected chi connectivity index (χ2v) is 9.40. The third-order valence-corrected chi connectivity index (χ3v) is 7.35. The number of nitrogens with zero attached hydrogens (tertiary/aromatic N) is 1. The molecule has 0 aliphatic carbocycles. The molecule has 2 atom stereocenters. The van der Waals surface area contributed by atoms with Gasteiger partial charge in [0, 0.05) is 13.1 Å². The van der Waals surface area contributed by atoms with E-state index in [0.29, 0.717) is 25.1 Å². The molecule has 29 heavy (non-hydrogen) atoms. The average Bonchev–Trinajstić information content (AvgIpc) is 2.74. The molecule has 1 heterocycles. The molecule has 0 radical (unpaired) electrons. The molecule has 1 saturated heterocycles. The van der Waals surface area contributed by atoms with Gasteiger partial charge < -0.3 is 10.1 Å². The molecule has 3 rings (SSSR count). The van der Waals surface area contributed by atoms with Gasteiger partial charge in [-0.15, -0.1) is 0 Å². The van der Waals surface area contributed by atoms with E-state index in [-0.39, 0.29) is 29.3 Å². The third kappa shape index (κ3) is 4.79. The maximum absolute atomic E-state index is 13.0. The van der Waals surface area contributed by atoms with Crippen LogP contribution in [0.5, 0.6) is 5.75 Å². The Hall–Kier alpha value is -2.38. The molecule has 2 unspecified atom stereocenters. The molecule has 6 nitrogen and oxygen atoms in total. The minimum atomic E-state index is -3.64. The average molecular weight is 417 g/mol. The number of aryl methyl sites for hydroxylation is 1. The Labute approximate surface area is 172 Å². The third-order valence-electron chi connectivity index (χ3n) is 5.47. The van der Waals surface area contributed by atoms with E-state index < -0.39 is 10.0 Å². The number of hydrogen-bond acceptors (Lipinski definition) is 4. The molecular weight excluding hydrogens is 388 g/mol. The van der Waals surface area contributed by atoms with E-state index in [1.165, 1.54) is 23.5 Å². The predicted octanol–water partition coefficient (Wildman–Crippen LogP) is 3.28. The van der Waals surface area contributed by atoms with Crippen LogP contribution in [-0.2, 0) is 14.8 Å². The first-order valence-corrected chi connectivity index (χ1v) is 11.3. The molecule has 0 bridgehead atoms. The molecule has 1 aliphatic rings. The zero-order chi connectivity index (χ0) is 21.0. The van der Waals surface area contributed by atoms with Crippen LogP contribution in [0.25, 0.3) is 0 Å². The summed E-state index contributed by atoms with van der Waals surface area (Å²) in [5, 5.41) is 3.06. The summed E-state index contributed by atoms with van der Waals surface area (Å²) < 4.78 is 32.5. The smallest absolute Gasteiger partial charge is 0.243 e. The largest absolute Gasteiger partial charge is 0.497 e. The van der Waals surface area contributed by atoms with E-state index in [9.17, 15) is 13.2 Å². The van der Waals surface area contributed by atoms with Crippen LogP contribution in [0.3, 0.4) is 0 Å². The topological polar surface area (TPSA) is 75.7 Å². The number of carbonyl (C=O) groups is 1. The van der Waals surface area contributed by atoms with Crippen molar-refractivity contribution in [3.63, 3.8) is 0 Å². The van der Waals surface area contributed by atoms with Gasteiger partial charge in [0.2, 0.25) is 15.9 Å². The molecule has 1 amide bonds. The van der Waals surface area contributed by atoms with Gasteiger partial charge in [-0.05, 0) is 62.1 Å². The van der Waals surface area contributed by atoms with Crippen LogP contribution >= 0.6 is 0 Å². The van der Waals surface area contributed by atoms with Crippen LogP contribution in [-0.4, -0.2) is 38.8 Å². The number of hydrogen-bond donors (Lipinski definition) is 1. The van der Waals surface area contributed by atoms with Crippen molar-refractivity contribution >= 4 is 15.9 Å². The fourth-order valence-electron chi connectivity index (χ4n) is 3.75. The first kappa shape index (κ1) is 21.3. The number of rotatable bonds is 6. The maximum atomic E-state index is 13.0. The number of carbonyl (C=O) groups excluding carboxylic acids is 1. The zero-order valence-electron chi connectivity index (χ0n) is 17.1. The van der Waals surface area contributed by atoms with Crippen molar-refractivity contribution in [2.75, 3.05) is 20.2 Å². The lowest BCUT2D eigenvalue weighted by atomic mass is 9.97. The number of piperidine rings is 1. The molecule has 1 aliphatic heterocycles. The summed E-state index contributed by atoms with van der Waals surface area (Å²) in [6.45, 7) is 4.59. The van der Waals surface area contributed by atoms with Gasteiger partial charge in [-0.1, -0.05) is 24.3 Å². The number of nitrogens with one attached hydrogen (secondary N) is 1. The van der Waals surface area contributed by atoms with Crippen LogP contribution < -0.4 is 10.1 Å². The summed E-state index contributed by atoms with van der Waals surface area (Å²) in [4.78, 5) is 13.1. The molecule has 0 aromatic heterocycles. The lowest BCUT2D eigenvalue weighted by Crippen LogP contribution is -2.45. The number of amides is 1. The normalized spacial score (nSPS) is 18.8. The van der Waals surface area contributed by atoms with Gasteiger partial charge in [0.05, 0.1) is 24.0 Å². The molecule has 2 aromatic carbocycles. The molecule has 0 spiro atoms. The van der Waals surface area contributed by atoms with Crippen molar-refractivity contribution < 1.29 is 17.9 Å². The van der Waals surface area contributed by atoms with E-state index in [1.807, 2.05) is 38.1 Å². The summed E-state index contributed by atoms with van der Waals surface area (Å²) in [5.74, 6) is 0.142. The molecule has 2 aromatic rings. The van der Waals surface area contributed by atoms with Crippen molar-refractivity contribution in [2.24, 2.45) is 5.92 Å². The number of sulfonamides is 1. The van der Waals surface area contributed by atoms with Crippen LogP contribution in [0.15, 0.2) is 53.4 Å². The van der Waals surface area contributed by atoms with E-state index in [2.05, 4.69) is 5.32 Å². The van der Waals surface area contributed by atoms with Gasteiger partial charge in [-0.2, -0.15) is 4.31 Å². The first-order chi connectivity index (χ1) is 13.8. The summed E-state index contributed by atoms with van der Waals surface area (Å²) in [6.07, 6.45) is 1.34. The van der Waals surface area contributed by atoms with Gasteiger partial charge >= 0.3 is 0 Å². The summed E-state index contributed by atoms with van der Waals surface area (Å²) in [5.41, 5.74) is 2.19. The molecule has 156 valence electrons. The SMILES string of the molecule is COc1ccc(S(=O)(=O)N2CCCC(C(=O)NC(C)c3ccccc3C)C2)cc1. The number of ether oxygens (including phenoxy) is 1. The van der Waals surface area contributed by atoms with Crippen LogP contribution in [0.2, 0.25) is 0 Å². The van der Waals surface area contributed by atoms with Crippen molar-refractivity contribution in [1.82, 2.24) is 9.62 Å². The van der Waals surface area contributed by atoms with Crippen LogP contribution in [0.4, 0.5) is 0 Å². The quantitative estimate of drug-likeness (QED) is 0.784. The highest BCUT2D eigenvalue weighted by Gasteiger charge is 2.33. The monoisotopic (exact) mass is 416 g/mol. The second kappa shape index (κ2) is 8.97. The molecule has 1 fully saturated rings. The van der Waals surface area contributed by atoms with Gasteiger partial charge in [0.15, 0.2) is 0 Å². The highest BCUT2D eigenvalue weighted by Crippen LogP contribution is 2.26. The second-order valence-electron chi connectivity index (χ2n) is 7.46. The lowest BCUT2D eigenvalue weighted by molar-refractivity contribution is -0.126. The van der Waals surface area contributed by atoms with Crippen molar-refractivity contribution in [3.05, 3.63) is 59.7 Å². The fourth-order valence-corrected chi connectivity index (χ4v) is 5.28. The van der Waals surface area contributed by atoms with Crippen LogP contribution in [0, 0.1) is 12.8 Å². The van der Waals surface area contributed by atoms with Crippen molar-refractivity contribution in [2.45, 2.75) is 37.6 Å². The Morgan fingerprint density at radius 2 is 1.86 bits per heavy atom. The lowest BCUT2D eigenvalue weighted by Gasteiger charge is -2.32. The Kier molecular flexibility index (Phi) is 6.59. The Morgan fingerprint density at radius 3 is 2.52 bits per heavy atom. The maximum Gasteiger partial charge on any atom is 0.243 e. The van der Waals surface area contributed by atoms with Gasteiger partial charge in [0.25, 0.3) is 0 Å². The van der Waals surface area contributed by atoms with E-state index in [1.54, 1.807) is 12.1 Å². The van der Waals surface area contributed by atoms with Gasteiger partial charge in [-0.25, -0.2) is 8.42 Å².